The molecule has 322 valence electrons. The van der Waals surface area contributed by atoms with Crippen LogP contribution in [0.2, 0.25) is 0 Å². The van der Waals surface area contributed by atoms with Crippen LogP contribution in [0.15, 0.2) is 36.5 Å². The maximum absolute atomic E-state index is 15.0. The molecule has 4 amide bonds. The zero-order chi connectivity index (χ0) is 42.5. The van der Waals surface area contributed by atoms with Crippen molar-refractivity contribution in [2.24, 2.45) is 17.8 Å². The highest BCUT2D eigenvalue weighted by Crippen LogP contribution is 2.47. The van der Waals surface area contributed by atoms with E-state index in [4.69, 9.17) is 18.9 Å². The molecule has 1 aromatic heterocycles. The number of aromatic nitrogens is 1. The van der Waals surface area contributed by atoms with Crippen molar-refractivity contribution in [3.63, 3.8) is 0 Å². The number of hydrogen-bond donors (Lipinski definition) is 3. The van der Waals surface area contributed by atoms with E-state index in [2.05, 4.69) is 20.3 Å². The third-order valence-corrected chi connectivity index (χ3v) is 14.2. The van der Waals surface area contributed by atoms with Gasteiger partial charge in [-0.05, 0) is 82.4 Å². The maximum atomic E-state index is 15.0. The standard InChI is InChI=1S/C41H53F2N5O10S/c1-6-24-19-23(2)9-7-8-10-25-21-41(25,37(51)47-59(53,54)27-11-12-27)46-34(49)30-20-26(22-48(30)36(50)32(24)45-38(52)58-39(3,4)40(5,42)43)57-35-29-13-14-31-33(56-18-17-55-31)28(29)15-16-44-35/h8,10,13-16,23-27,30,32H,6-7,9,11-12,17-22H2,1-5H3,(H,45,52)(H,46,49)(H,47,51)/b10-8-/t23-,24-,25-,26-,30+,32+,41-/m1/s1. The molecule has 2 aliphatic carbocycles. The van der Waals surface area contributed by atoms with Crippen LogP contribution in [0.4, 0.5) is 13.6 Å². The third kappa shape index (κ3) is 8.78. The minimum Gasteiger partial charge on any atom is -0.486 e. The average molecular weight is 846 g/mol. The van der Waals surface area contributed by atoms with Crippen LogP contribution in [-0.2, 0) is 29.1 Å². The Labute approximate surface area is 342 Å². The first-order valence-corrected chi connectivity index (χ1v) is 21.9. The summed E-state index contributed by atoms with van der Waals surface area (Å²) in [5, 5.41) is 6.03. The molecule has 7 atom stereocenters. The Kier molecular flexibility index (Phi) is 11.5. The fourth-order valence-corrected chi connectivity index (χ4v) is 9.55. The number of allylic oxidation sites excluding steroid dienone is 1. The summed E-state index contributed by atoms with van der Waals surface area (Å²) in [7, 11) is -3.96. The minimum absolute atomic E-state index is 0.0259. The first kappa shape index (κ1) is 42.4. The van der Waals surface area contributed by atoms with Crippen molar-refractivity contribution in [3.8, 4) is 17.4 Å². The number of alkyl halides is 2. The van der Waals surface area contributed by atoms with Crippen LogP contribution in [0.3, 0.4) is 0 Å². The summed E-state index contributed by atoms with van der Waals surface area (Å²) in [5.41, 5.74) is -3.82. The number of carbonyl (C=O) groups is 4. The molecule has 1 saturated heterocycles. The summed E-state index contributed by atoms with van der Waals surface area (Å²) in [6.45, 7) is 7.23. The Morgan fingerprint density at radius 1 is 1.07 bits per heavy atom. The van der Waals surface area contributed by atoms with Crippen molar-refractivity contribution >= 4 is 44.6 Å². The zero-order valence-corrected chi connectivity index (χ0v) is 34.7. The number of benzene rings is 1. The number of rotatable bonds is 9. The Morgan fingerprint density at radius 2 is 1.81 bits per heavy atom. The quantitative estimate of drug-likeness (QED) is 0.295. The largest absolute Gasteiger partial charge is 0.486 e. The van der Waals surface area contributed by atoms with E-state index in [0.29, 0.717) is 80.9 Å². The van der Waals surface area contributed by atoms with E-state index in [0.717, 1.165) is 13.8 Å². The van der Waals surface area contributed by atoms with Gasteiger partial charge in [0.05, 0.1) is 11.8 Å². The molecule has 0 unspecified atom stereocenters. The van der Waals surface area contributed by atoms with Crippen molar-refractivity contribution < 1.29 is 55.3 Å². The normalized spacial score (nSPS) is 29.5. The lowest BCUT2D eigenvalue weighted by atomic mass is 9.85. The Bertz CT molecular complexity index is 2130. The summed E-state index contributed by atoms with van der Waals surface area (Å²) in [5.74, 6) is -5.36. The number of amides is 4. The molecule has 5 aliphatic rings. The van der Waals surface area contributed by atoms with Gasteiger partial charge >= 0.3 is 6.09 Å². The summed E-state index contributed by atoms with van der Waals surface area (Å²) in [4.78, 5) is 62.6. The van der Waals surface area contributed by atoms with Gasteiger partial charge in [-0.1, -0.05) is 32.4 Å². The molecule has 0 radical (unpaired) electrons. The van der Waals surface area contributed by atoms with Crippen molar-refractivity contribution in [3.05, 3.63) is 36.5 Å². The van der Waals surface area contributed by atoms with Gasteiger partial charge in [-0.3, -0.25) is 19.1 Å². The van der Waals surface area contributed by atoms with E-state index >= 15 is 0 Å². The van der Waals surface area contributed by atoms with Crippen LogP contribution < -0.4 is 29.6 Å². The van der Waals surface area contributed by atoms with E-state index in [1.54, 1.807) is 24.4 Å². The molecule has 2 saturated carbocycles. The number of ether oxygens (including phenoxy) is 4. The molecule has 59 heavy (non-hydrogen) atoms. The van der Waals surface area contributed by atoms with E-state index in [1.165, 1.54) is 4.90 Å². The lowest BCUT2D eigenvalue weighted by molar-refractivity contribution is -0.152. The van der Waals surface area contributed by atoms with E-state index in [-0.39, 0.29) is 31.2 Å². The molecule has 18 heteroatoms. The topological polar surface area (TPSA) is 192 Å². The molecule has 0 spiro atoms. The maximum Gasteiger partial charge on any atom is 0.408 e. The first-order valence-electron chi connectivity index (χ1n) is 20.4. The van der Waals surface area contributed by atoms with Gasteiger partial charge in [-0.25, -0.2) is 27.0 Å². The van der Waals surface area contributed by atoms with Crippen LogP contribution in [0.1, 0.15) is 86.0 Å². The van der Waals surface area contributed by atoms with Gasteiger partial charge in [0.1, 0.15) is 36.9 Å². The highest BCUT2D eigenvalue weighted by molar-refractivity contribution is 7.91. The number of fused-ring (bicyclic) bond motifs is 5. The van der Waals surface area contributed by atoms with Gasteiger partial charge < -0.3 is 34.5 Å². The van der Waals surface area contributed by atoms with Gasteiger partial charge in [0.2, 0.25) is 27.7 Å². The lowest BCUT2D eigenvalue weighted by Crippen LogP contribution is -2.59. The molecule has 2 aromatic rings. The second-order valence-electron chi connectivity index (χ2n) is 17.2. The Hall–Kier alpha value is -4.74. The zero-order valence-electron chi connectivity index (χ0n) is 33.9. The number of carbonyl (C=O) groups excluding carboxylic acids is 4. The van der Waals surface area contributed by atoms with Crippen molar-refractivity contribution in [1.29, 1.82) is 0 Å². The summed E-state index contributed by atoms with van der Waals surface area (Å²) in [6, 6.07) is 2.71. The van der Waals surface area contributed by atoms with Gasteiger partial charge in [-0.15, -0.1) is 0 Å². The van der Waals surface area contributed by atoms with Crippen molar-refractivity contribution in [1.82, 2.24) is 25.2 Å². The second-order valence-corrected chi connectivity index (χ2v) is 19.1. The number of sulfonamides is 1. The summed E-state index contributed by atoms with van der Waals surface area (Å²) >= 11 is 0. The lowest BCUT2D eigenvalue weighted by Gasteiger charge is -2.35. The fourth-order valence-electron chi connectivity index (χ4n) is 8.18. The predicted octanol–water partition coefficient (Wildman–Crippen LogP) is 4.77. The van der Waals surface area contributed by atoms with Crippen LogP contribution in [-0.4, -0.2) is 102 Å². The highest BCUT2D eigenvalue weighted by atomic mass is 32.2. The Balaban J connectivity index is 1.24. The monoisotopic (exact) mass is 845 g/mol. The number of pyridine rings is 1. The summed E-state index contributed by atoms with van der Waals surface area (Å²) < 4.78 is 80.3. The Morgan fingerprint density at radius 3 is 2.53 bits per heavy atom. The van der Waals surface area contributed by atoms with Gasteiger partial charge in [-0.2, -0.15) is 0 Å². The van der Waals surface area contributed by atoms with Crippen LogP contribution >= 0.6 is 0 Å². The van der Waals surface area contributed by atoms with Gasteiger partial charge in [0, 0.05) is 36.2 Å². The van der Waals surface area contributed by atoms with Crippen LogP contribution in [0.5, 0.6) is 17.4 Å². The van der Waals surface area contributed by atoms with Crippen LogP contribution in [0.25, 0.3) is 10.8 Å². The van der Waals surface area contributed by atoms with Gasteiger partial charge in [0.15, 0.2) is 17.1 Å². The third-order valence-electron chi connectivity index (χ3n) is 12.3. The SMILES string of the molecule is CC[C@@H]1C[C@H](C)CC/C=C\[C@@H]2C[C@@]2(C(=O)NS(=O)(=O)C2CC2)NC(=O)[C@@H]2C[C@@H](Oc3nccc4c5c(ccc34)OCCO5)CN2C(=O)[C@H]1NC(=O)OC(C)(C)C(C)(F)F. The minimum atomic E-state index is -3.96. The molecule has 3 N–H and O–H groups in total. The van der Waals surface area contributed by atoms with Crippen molar-refractivity contribution in [2.45, 2.75) is 126 Å². The van der Waals surface area contributed by atoms with E-state index in [9.17, 15) is 36.4 Å². The van der Waals surface area contributed by atoms with E-state index in [1.807, 2.05) is 26.0 Å². The average Bonchev–Trinajstić information content (AvgIpc) is 4.10. The molecule has 7 rings (SSSR count). The number of nitrogens with zero attached hydrogens (tertiary/aromatic N) is 2. The van der Waals surface area contributed by atoms with Crippen LogP contribution in [0, 0.1) is 17.8 Å². The predicted molar refractivity (Wildman–Crippen MR) is 210 cm³/mol. The molecular weight excluding hydrogens is 793 g/mol. The highest BCUT2D eigenvalue weighted by Gasteiger charge is 2.62. The van der Waals surface area contributed by atoms with E-state index < -0.39 is 86.2 Å². The number of nitrogens with one attached hydrogen (secondary N) is 3. The molecule has 1 aromatic carbocycles. The molecular formula is C41H53F2N5O10S. The fraction of sp³-hybridized carbons (Fsp3) is 0.634. The van der Waals surface area contributed by atoms with Gasteiger partial charge in [0.25, 0.3) is 11.8 Å². The smallest absolute Gasteiger partial charge is 0.408 e. The van der Waals surface area contributed by atoms with Crippen molar-refractivity contribution in [2.75, 3.05) is 19.8 Å². The summed E-state index contributed by atoms with van der Waals surface area (Å²) in [6.07, 6.45) is 6.26. The molecule has 0 bridgehead atoms. The molecule has 4 heterocycles. The molecule has 15 nitrogen and oxygen atoms in total. The first-order chi connectivity index (χ1) is 27.8. The molecule has 3 aliphatic heterocycles. The number of alkyl carbamates (subject to hydrolysis) is 1. The number of halogens is 2. The molecule has 3 fully saturated rings. The number of hydrogen-bond acceptors (Lipinski definition) is 11. The second kappa shape index (κ2) is 16.0.